The molecule has 0 amide bonds. The number of hydrogen-bond acceptors (Lipinski definition) is 4. The summed E-state index contributed by atoms with van der Waals surface area (Å²) in [6.45, 7) is 1.58. The average molecular weight is 254 g/mol. The highest BCUT2D eigenvalue weighted by Gasteiger charge is 2.22. The molecule has 0 radical (unpaired) electrons. The molecule has 0 aromatic carbocycles. The zero-order valence-electron chi connectivity index (χ0n) is 10.4. The number of aliphatic hydroxyl groups excluding tert-OH is 1. The fourth-order valence-corrected chi connectivity index (χ4v) is 2.86. The third-order valence-electron chi connectivity index (χ3n) is 3.77. The van der Waals surface area contributed by atoms with Crippen LogP contribution in [0.1, 0.15) is 6.42 Å². The number of nitrogens with one attached hydrogen (secondary N) is 1. The molecule has 5 nitrogen and oxygen atoms in total. The van der Waals surface area contributed by atoms with Gasteiger partial charge in [-0.3, -0.25) is 0 Å². The number of aromatic amines is 1. The molecule has 1 saturated heterocycles. The number of rotatable bonds is 1. The summed E-state index contributed by atoms with van der Waals surface area (Å²) in [5.41, 5.74) is 2.91. The Bertz CT molecular complexity index is 751. The fourth-order valence-electron chi connectivity index (χ4n) is 2.86. The third kappa shape index (κ3) is 1.58. The van der Waals surface area contributed by atoms with Crippen LogP contribution in [0.2, 0.25) is 0 Å². The van der Waals surface area contributed by atoms with Crippen LogP contribution in [0, 0.1) is 0 Å². The predicted molar refractivity (Wildman–Crippen MR) is 74.2 cm³/mol. The average Bonchev–Trinajstić information content (AvgIpc) is 3.06. The van der Waals surface area contributed by atoms with E-state index >= 15 is 0 Å². The number of aromatic nitrogens is 3. The number of pyridine rings is 2. The van der Waals surface area contributed by atoms with Crippen molar-refractivity contribution in [1.82, 2.24) is 15.0 Å². The van der Waals surface area contributed by atoms with Gasteiger partial charge in [0, 0.05) is 41.9 Å². The van der Waals surface area contributed by atoms with Crippen molar-refractivity contribution in [3.8, 4) is 0 Å². The maximum atomic E-state index is 9.73. The first-order valence-electron chi connectivity index (χ1n) is 6.47. The van der Waals surface area contributed by atoms with E-state index in [1.165, 1.54) is 0 Å². The molecule has 1 aliphatic rings. The van der Waals surface area contributed by atoms with Gasteiger partial charge in [0.25, 0.3) is 0 Å². The molecule has 96 valence electrons. The smallest absolute Gasteiger partial charge is 0.159 e. The van der Waals surface area contributed by atoms with Gasteiger partial charge in [0.1, 0.15) is 0 Å². The zero-order valence-corrected chi connectivity index (χ0v) is 10.4. The van der Waals surface area contributed by atoms with E-state index in [-0.39, 0.29) is 6.10 Å². The summed E-state index contributed by atoms with van der Waals surface area (Å²) in [6.07, 6.45) is 6.13. The number of anilines is 1. The highest BCUT2D eigenvalue weighted by atomic mass is 16.3. The second-order valence-corrected chi connectivity index (χ2v) is 4.98. The normalized spacial score (nSPS) is 19.6. The molecule has 0 spiro atoms. The van der Waals surface area contributed by atoms with Crippen LogP contribution in [-0.2, 0) is 0 Å². The Morgan fingerprint density at radius 2 is 2.26 bits per heavy atom. The van der Waals surface area contributed by atoms with E-state index < -0.39 is 0 Å². The Kier molecular flexibility index (Phi) is 2.22. The van der Waals surface area contributed by atoms with E-state index in [2.05, 4.69) is 25.9 Å². The molecule has 0 saturated carbocycles. The molecule has 3 aromatic rings. The molecule has 19 heavy (non-hydrogen) atoms. The number of H-pyrrole nitrogens is 1. The van der Waals surface area contributed by atoms with Gasteiger partial charge in [0.15, 0.2) is 5.65 Å². The molecule has 1 aliphatic heterocycles. The van der Waals surface area contributed by atoms with E-state index in [1.807, 2.05) is 18.5 Å². The summed E-state index contributed by atoms with van der Waals surface area (Å²) in [5.74, 6) is 0. The van der Waals surface area contributed by atoms with Gasteiger partial charge in [-0.15, -0.1) is 0 Å². The van der Waals surface area contributed by atoms with Crippen molar-refractivity contribution in [2.75, 3.05) is 18.0 Å². The van der Waals surface area contributed by atoms with Crippen LogP contribution < -0.4 is 4.90 Å². The lowest BCUT2D eigenvalue weighted by Crippen LogP contribution is -2.21. The molecule has 0 aliphatic carbocycles. The predicted octanol–water partition coefficient (Wildman–Crippen LogP) is 1.68. The Morgan fingerprint density at radius 1 is 1.32 bits per heavy atom. The minimum Gasteiger partial charge on any atom is -0.391 e. The first kappa shape index (κ1) is 10.8. The summed E-state index contributed by atoms with van der Waals surface area (Å²) in [4.78, 5) is 14.1. The summed E-state index contributed by atoms with van der Waals surface area (Å²) in [5, 5.41) is 11.9. The summed E-state index contributed by atoms with van der Waals surface area (Å²) < 4.78 is 0. The molecule has 0 bridgehead atoms. The van der Waals surface area contributed by atoms with Crippen LogP contribution >= 0.6 is 0 Å². The number of β-amino-alcohol motifs (C(OH)–C–C–N with tert-alkyl or cyclic N) is 1. The van der Waals surface area contributed by atoms with Gasteiger partial charge in [0.05, 0.1) is 17.8 Å². The molecule has 0 unspecified atom stereocenters. The molecule has 4 rings (SSSR count). The lowest BCUT2D eigenvalue weighted by molar-refractivity contribution is 0.198. The number of hydrogen-bond donors (Lipinski definition) is 2. The maximum Gasteiger partial charge on any atom is 0.159 e. The fraction of sp³-hybridized carbons (Fsp3) is 0.286. The Morgan fingerprint density at radius 3 is 3.11 bits per heavy atom. The Labute approximate surface area is 109 Å². The number of aliphatic hydroxyl groups is 1. The summed E-state index contributed by atoms with van der Waals surface area (Å²) in [6, 6.07) is 4.06. The highest BCUT2D eigenvalue weighted by molar-refractivity contribution is 6.09. The highest BCUT2D eigenvalue weighted by Crippen LogP contribution is 2.32. The van der Waals surface area contributed by atoms with E-state index in [0.29, 0.717) is 6.54 Å². The topological polar surface area (TPSA) is 65.0 Å². The van der Waals surface area contributed by atoms with Crippen molar-refractivity contribution >= 4 is 27.6 Å². The quantitative estimate of drug-likeness (QED) is 0.693. The molecule has 2 N–H and O–H groups in total. The van der Waals surface area contributed by atoms with Crippen LogP contribution in [-0.4, -0.2) is 39.3 Å². The maximum absolute atomic E-state index is 9.73. The second-order valence-electron chi connectivity index (χ2n) is 4.98. The molecule has 1 fully saturated rings. The van der Waals surface area contributed by atoms with Gasteiger partial charge < -0.3 is 15.0 Å². The second kappa shape index (κ2) is 3.93. The van der Waals surface area contributed by atoms with E-state index in [1.54, 1.807) is 6.20 Å². The van der Waals surface area contributed by atoms with Crippen molar-refractivity contribution in [2.45, 2.75) is 12.5 Å². The van der Waals surface area contributed by atoms with Gasteiger partial charge >= 0.3 is 0 Å². The number of nitrogens with zero attached hydrogens (tertiary/aromatic N) is 3. The van der Waals surface area contributed by atoms with Crippen LogP contribution in [0.4, 0.5) is 5.69 Å². The first-order chi connectivity index (χ1) is 9.33. The summed E-state index contributed by atoms with van der Waals surface area (Å²) >= 11 is 0. The van der Waals surface area contributed by atoms with Gasteiger partial charge in [-0.1, -0.05) is 0 Å². The van der Waals surface area contributed by atoms with Crippen LogP contribution in [0.5, 0.6) is 0 Å². The van der Waals surface area contributed by atoms with Crippen molar-refractivity contribution in [2.24, 2.45) is 0 Å². The third-order valence-corrected chi connectivity index (χ3v) is 3.77. The van der Waals surface area contributed by atoms with Gasteiger partial charge in [-0.25, -0.2) is 9.97 Å². The van der Waals surface area contributed by atoms with Crippen molar-refractivity contribution in [1.29, 1.82) is 0 Å². The van der Waals surface area contributed by atoms with E-state index in [0.717, 1.165) is 40.6 Å². The Hall–Kier alpha value is -2.14. The van der Waals surface area contributed by atoms with Crippen LogP contribution in [0.15, 0.2) is 30.7 Å². The lowest BCUT2D eigenvalue weighted by atomic mass is 10.1. The van der Waals surface area contributed by atoms with Gasteiger partial charge in [-0.05, 0) is 18.6 Å². The lowest BCUT2D eigenvalue weighted by Gasteiger charge is -2.20. The molecule has 3 aromatic heterocycles. The molecule has 4 heterocycles. The SMILES string of the molecule is O[C@@H]1CCN(c2cc[nH]c3cnc4nccc4c23)C1. The largest absolute Gasteiger partial charge is 0.391 e. The van der Waals surface area contributed by atoms with Gasteiger partial charge in [0.2, 0.25) is 0 Å². The molecule has 1 atom stereocenters. The van der Waals surface area contributed by atoms with E-state index in [4.69, 9.17) is 0 Å². The van der Waals surface area contributed by atoms with Crippen molar-refractivity contribution in [3.63, 3.8) is 0 Å². The van der Waals surface area contributed by atoms with E-state index in [9.17, 15) is 5.11 Å². The zero-order chi connectivity index (χ0) is 12.8. The minimum atomic E-state index is -0.227. The molecular formula is C14H14N4O. The minimum absolute atomic E-state index is 0.227. The molecule has 5 heteroatoms. The van der Waals surface area contributed by atoms with Crippen LogP contribution in [0.3, 0.4) is 0 Å². The van der Waals surface area contributed by atoms with Crippen LogP contribution in [0.25, 0.3) is 21.9 Å². The van der Waals surface area contributed by atoms with Crippen molar-refractivity contribution < 1.29 is 5.11 Å². The monoisotopic (exact) mass is 254 g/mol. The standard InChI is InChI=1S/C14H14N4O/c19-9-3-6-18(8-9)12-2-5-15-11-7-17-14-10(13(11)12)1-4-16-14/h1-2,4-5,7,9,15,19H,3,6,8H2/t9-/m1/s1. The summed E-state index contributed by atoms with van der Waals surface area (Å²) in [7, 11) is 0. The van der Waals surface area contributed by atoms with Gasteiger partial charge in [-0.2, -0.15) is 0 Å². The van der Waals surface area contributed by atoms with Crippen molar-refractivity contribution in [3.05, 3.63) is 30.7 Å². The number of fused-ring (bicyclic) bond motifs is 3. The first-order valence-corrected chi connectivity index (χ1v) is 6.47. The molecular weight excluding hydrogens is 240 g/mol. The Balaban J connectivity index is 2.01.